The number of hydrogen-bond acceptors (Lipinski definition) is 7. The zero-order chi connectivity index (χ0) is 23.3. The molecule has 1 aliphatic rings. The molecule has 8 nitrogen and oxygen atoms in total. The third-order valence-corrected chi connectivity index (χ3v) is 9.23. The average Bonchev–Trinajstić information content (AvgIpc) is 3.29. The quantitative estimate of drug-likeness (QED) is 0.313. The number of sulfonamides is 1. The number of piperidine rings is 1. The van der Waals surface area contributed by atoms with Crippen LogP contribution >= 0.6 is 23.1 Å². The molecule has 0 saturated carbocycles. The van der Waals surface area contributed by atoms with Crippen molar-refractivity contribution < 1.29 is 18.1 Å². The van der Waals surface area contributed by atoms with E-state index in [1.807, 2.05) is 0 Å². The monoisotopic (exact) mass is 497 g/mol. The van der Waals surface area contributed by atoms with Crippen LogP contribution in [-0.2, 0) is 10.0 Å². The molecule has 174 valence electrons. The standard InChI is InChI=1S/C21H27N3O5S3/c1-15(2)9-13-30-19-6-5-16(14-18(19)24(26)27)21(25)23-10-7-17(8-11-23)22-32(28,29)20-4-3-12-31-20/h3-6,12,14-15,17,22H,7-11,13H2,1-2H3. The molecular weight excluding hydrogens is 470 g/mol. The van der Waals surface area contributed by atoms with Gasteiger partial charge >= 0.3 is 0 Å². The Hall–Kier alpha value is -1.95. The summed E-state index contributed by atoms with van der Waals surface area (Å²) in [5.41, 5.74) is 0.228. The first-order valence-electron chi connectivity index (χ1n) is 10.4. The lowest BCUT2D eigenvalue weighted by Gasteiger charge is -2.32. The predicted molar refractivity (Wildman–Crippen MR) is 127 cm³/mol. The Bertz CT molecular complexity index is 1050. The van der Waals surface area contributed by atoms with Crippen LogP contribution in [0.3, 0.4) is 0 Å². The SMILES string of the molecule is CC(C)CCSc1ccc(C(=O)N2CCC(NS(=O)(=O)c3cccs3)CC2)cc1[N+](=O)[O-]. The minimum Gasteiger partial charge on any atom is -0.339 e. The molecule has 11 heteroatoms. The highest BCUT2D eigenvalue weighted by atomic mass is 32.2. The zero-order valence-corrected chi connectivity index (χ0v) is 20.5. The van der Waals surface area contributed by atoms with Gasteiger partial charge in [-0.3, -0.25) is 14.9 Å². The highest BCUT2D eigenvalue weighted by Gasteiger charge is 2.28. The van der Waals surface area contributed by atoms with Gasteiger partial charge in [0.05, 0.1) is 9.82 Å². The van der Waals surface area contributed by atoms with Gasteiger partial charge in [0.15, 0.2) is 0 Å². The van der Waals surface area contributed by atoms with Crippen LogP contribution in [0.1, 0.15) is 43.5 Å². The van der Waals surface area contributed by atoms with Gasteiger partial charge in [0, 0.05) is 30.8 Å². The van der Waals surface area contributed by atoms with Crippen molar-refractivity contribution in [3.63, 3.8) is 0 Å². The number of benzene rings is 1. The number of thioether (sulfide) groups is 1. The molecule has 2 aromatic rings. The summed E-state index contributed by atoms with van der Waals surface area (Å²) >= 11 is 2.59. The Labute approximate surface area is 196 Å². The summed E-state index contributed by atoms with van der Waals surface area (Å²) < 4.78 is 27.8. The van der Waals surface area contributed by atoms with Crippen LogP contribution in [-0.4, -0.2) is 49.0 Å². The number of nitro benzene ring substituents is 1. The van der Waals surface area contributed by atoms with Crippen LogP contribution < -0.4 is 4.72 Å². The van der Waals surface area contributed by atoms with Crippen LogP contribution in [0.2, 0.25) is 0 Å². The van der Waals surface area contributed by atoms with Crippen molar-refractivity contribution in [2.75, 3.05) is 18.8 Å². The lowest BCUT2D eigenvalue weighted by Crippen LogP contribution is -2.46. The van der Waals surface area contributed by atoms with Gasteiger partial charge in [-0.15, -0.1) is 23.1 Å². The van der Waals surface area contributed by atoms with E-state index in [1.54, 1.807) is 34.5 Å². The molecule has 1 aliphatic heterocycles. The van der Waals surface area contributed by atoms with E-state index in [2.05, 4.69) is 18.6 Å². The molecule has 1 amide bonds. The van der Waals surface area contributed by atoms with E-state index >= 15 is 0 Å². The second-order valence-corrected chi connectivity index (χ2v) is 12.1. The lowest BCUT2D eigenvalue weighted by molar-refractivity contribution is -0.387. The number of hydrogen-bond donors (Lipinski definition) is 1. The maximum Gasteiger partial charge on any atom is 0.283 e. The molecule has 1 aromatic carbocycles. The second kappa shape index (κ2) is 10.8. The molecule has 0 unspecified atom stereocenters. The number of nitrogens with zero attached hydrogens (tertiary/aromatic N) is 2. The number of nitro groups is 1. The first-order chi connectivity index (χ1) is 15.2. The number of amides is 1. The molecule has 1 fully saturated rings. The Morgan fingerprint density at radius 2 is 2.03 bits per heavy atom. The highest BCUT2D eigenvalue weighted by Crippen LogP contribution is 2.32. The van der Waals surface area contributed by atoms with E-state index < -0.39 is 14.9 Å². The van der Waals surface area contributed by atoms with Crippen molar-refractivity contribution in [3.05, 3.63) is 51.4 Å². The molecule has 1 aromatic heterocycles. The summed E-state index contributed by atoms with van der Waals surface area (Å²) in [6.07, 6.45) is 1.93. The minimum absolute atomic E-state index is 0.0526. The Morgan fingerprint density at radius 1 is 1.31 bits per heavy atom. The minimum atomic E-state index is -3.55. The maximum atomic E-state index is 12.9. The number of thiophene rings is 1. The van der Waals surface area contributed by atoms with Crippen molar-refractivity contribution in [1.29, 1.82) is 0 Å². The Morgan fingerprint density at radius 3 is 2.62 bits per heavy atom. The maximum absolute atomic E-state index is 12.9. The van der Waals surface area contributed by atoms with E-state index in [4.69, 9.17) is 0 Å². The zero-order valence-electron chi connectivity index (χ0n) is 18.0. The fourth-order valence-electron chi connectivity index (χ4n) is 3.40. The topological polar surface area (TPSA) is 110 Å². The van der Waals surface area contributed by atoms with Gasteiger partial charge in [-0.25, -0.2) is 13.1 Å². The molecule has 32 heavy (non-hydrogen) atoms. The van der Waals surface area contributed by atoms with Gasteiger partial charge in [-0.1, -0.05) is 19.9 Å². The first kappa shape index (κ1) is 24.7. The molecule has 0 spiro atoms. The summed E-state index contributed by atoms with van der Waals surface area (Å²) in [6, 6.07) is 7.64. The van der Waals surface area contributed by atoms with E-state index in [9.17, 15) is 23.3 Å². The number of likely N-dealkylation sites (tertiary alicyclic amines) is 1. The van der Waals surface area contributed by atoms with Crippen molar-refractivity contribution in [2.45, 2.75) is 48.3 Å². The Balaban J connectivity index is 1.62. The summed E-state index contributed by atoms with van der Waals surface area (Å²) in [5.74, 6) is 1.02. The number of carbonyl (C=O) groups excluding carboxylic acids is 1. The van der Waals surface area contributed by atoms with Gasteiger partial charge in [0.2, 0.25) is 10.0 Å². The van der Waals surface area contributed by atoms with Crippen LogP contribution in [0, 0.1) is 16.0 Å². The first-order valence-corrected chi connectivity index (χ1v) is 13.8. The van der Waals surface area contributed by atoms with Gasteiger partial charge < -0.3 is 4.90 Å². The summed E-state index contributed by atoms with van der Waals surface area (Å²) in [5, 5.41) is 13.3. The summed E-state index contributed by atoms with van der Waals surface area (Å²) in [6.45, 7) is 4.98. The normalized spacial score (nSPS) is 15.3. The van der Waals surface area contributed by atoms with E-state index in [0.29, 0.717) is 36.7 Å². The molecular formula is C21H27N3O5S3. The smallest absolute Gasteiger partial charge is 0.283 e. The number of rotatable bonds is 9. The molecule has 0 bridgehead atoms. The van der Waals surface area contributed by atoms with Gasteiger partial charge in [0.1, 0.15) is 4.21 Å². The van der Waals surface area contributed by atoms with Gasteiger partial charge in [-0.05, 0) is 54.5 Å². The van der Waals surface area contributed by atoms with Crippen molar-refractivity contribution in [2.24, 2.45) is 5.92 Å². The summed E-state index contributed by atoms with van der Waals surface area (Å²) in [4.78, 5) is 26.2. The van der Waals surface area contributed by atoms with Crippen molar-refractivity contribution >= 4 is 44.7 Å². The van der Waals surface area contributed by atoms with E-state index in [1.165, 1.54) is 17.8 Å². The van der Waals surface area contributed by atoms with Crippen molar-refractivity contribution in [1.82, 2.24) is 9.62 Å². The average molecular weight is 498 g/mol. The van der Waals surface area contributed by atoms with Crippen LogP contribution in [0.4, 0.5) is 5.69 Å². The van der Waals surface area contributed by atoms with Crippen LogP contribution in [0.25, 0.3) is 0 Å². The highest BCUT2D eigenvalue weighted by molar-refractivity contribution is 7.99. The number of carbonyl (C=O) groups is 1. The fraction of sp³-hybridized carbons (Fsp3) is 0.476. The molecule has 1 N–H and O–H groups in total. The van der Waals surface area contributed by atoms with Crippen LogP contribution in [0.15, 0.2) is 44.8 Å². The lowest BCUT2D eigenvalue weighted by atomic mass is 10.0. The third kappa shape index (κ3) is 6.31. The predicted octanol–water partition coefficient (Wildman–Crippen LogP) is 4.38. The van der Waals surface area contributed by atoms with Gasteiger partial charge in [-0.2, -0.15) is 0 Å². The molecule has 0 atom stereocenters. The molecule has 0 radical (unpaired) electrons. The third-order valence-electron chi connectivity index (χ3n) is 5.22. The van der Waals surface area contributed by atoms with Gasteiger partial charge in [0.25, 0.3) is 11.6 Å². The van der Waals surface area contributed by atoms with E-state index in [-0.39, 0.29) is 27.4 Å². The Kier molecular flexibility index (Phi) is 8.32. The number of nitrogens with one attached hydrogen (secondary N) is 1. The fourth-order valence-corrected chi connectivity index (χ4v) is 6.97. The molecule has 1 saturated heterocycles. The molecule has 2 heterocycles. The van der Waals surface area contributed by atoms with Crippen LogP contribution in [0.5, 0.6) is 0 Å². The van der Waals surface area contributed by atoms with E-state index in [0.717, 1.165) is 23.5 Å². The molecule has 3 rings (SSSR count). The summed E-state index contributed by atoms with van der Waals surface area (Å²) in [7, 11) is -3.55. The molecule has 0 aliphatic carbocycles. The van der Waals surface area contributed by atoms with Crippen molar-refractivity contribution in [3.8, 4) is 0 Å². The second-order valence-electron chi connectivity index (χ2n) is 8.09. The largest absolute Gasteiger partial charge is 0.339 e.